The maximum atomic E-state index is 11.9. The number of nitrogens with zero attached hydrogens (tertiary/aromatic N) is 5. The highest BCUT2D eigenvalue weighted by atomic mass is 32.2. The number of amides is 1. The Balaban J connectivity index is 1.68. The molecule has 0 bridgehead atoms. The van der Waals surface area contributed by atoms with Crippen LogP contribution in [0.15, 0.2) is 0 Å². The second-order valence-electron chi connectivity index (χ2n) is 4.75. The van der Waals surface area contributed by atoms with E-state index in [1.54, 1.807) is 18.8 Å². The SMILES string of the molecule is CC1CCN(C(=O)CSCc2nnn(C)n2)CC1. The molecular weight excluding hydrogens is 250 g/mol. The summed E-state index contributed by atoms with van der Waals surface area (Å²) in [5.74, 6) is 2.82. The van der Waals surface area contributed by atoms with Crippen LogP contribution in [0, 0.1) is 5.92 Å². The lowest BCUT2D eigenvalue weighted by Gasteiger charge is -2.30. The van der Waals surface area contributed by atoms with Crippen LogP contribution in [0.4, 0.5) is 0 Å². The molecule has 1 aromatic heterocycles. The molecule has 2 rings (SSSR count). The standard InChI is InChI=1S/C11H19N5OS/c1-9-3-5-16(6-4-9)11(17)8-18-7-10-12-14-15(2)13-10/h9H,3-8H2,1-2H3. The van der Waals surface area contributed by atoms with E-state index in [0.29, 0.717) is 17.3 Å². The molecule has 6 nitrogen and oxygen atoms in total. The summed E-state index contributed by atoms with van der Waals surface area (Å²) in [6.07, 6.45) is 2.25. The molecule has 0 saturated carbocycles. The molecule has 0 unspecified atom stereocenters. The molecule has 0 atom stereocenters. The first-order valence-corrected chi connectivity index (χ1v) is 7.39. The third kappa shape index (κ3) is 3.69. The number of aromatic nitrogens is 4. The number of hydrogen-bond acceptors (Lipinski definition) is 5. The fourth-order valence-corrected chi connectivity index (χ4v) is 2.72. The van der Waals surface area contributed by atoms with E-state index < -0.39 is 0 Å². The van der Waals surface area contributed by atoms with Crippen LogP contribution < -0.4 is 0 Å². The monoisotopic (exact) mass is 269 g/mol. The molecule has 1 amide bonds. The Kier molecular flexibility index (Phi) is 4.57. The minimum Gasteiger partial charge on any atom is -0.342 e. The van der Waals surface area contributed by atoms with E-state index in [2.05, 4.69) is 22.3 Å². The Bertz CT molecular complexity index is 400. The number of piperidine rings is 1. The summed E-state index contributed by atoms with van der Waals surface area (Å²) >= 11 is 1.55. The second-order valence-corrected chi connectivity index (χ2v) is 5.74. The largest absolute Gasteiger partial charge is 0.342 e. The lowest BCUT2D eigenvalue weighted by Crippen LogP contribution is -2.38. The number of thioether (sulfide) groups is 1. The molecule has 18 heavy (non-hydrogen) atoms. The highest BCUT2D eigenvalue weighted by Crippen LogP contribution is 2.17. The van der Waals surface area contributed by atoms with Gasteiger partial charge in [-0.2, -0.15) is 4.80 Å². The fourth-order valence-electron chi connectivity index (χ4n) is 1.96. The maximum absolute atomic E-state index is 11.9. The van der Waals surface area contributed by atoms with Gasteiger partial charge in [-0.25, -0.2) is 0 Å². The number of carbonyl (C=O) groups is 1. The molecule has 0 N–H and O–H groups in total. The van der Waals surface area contributed by atoms with E-state index in [-0.39, 0.29) is 5.91 Å². The highest BCUT2D eigenvalue weighted by molar-refractivity contribution is 7.99. The molecule has 1 fully saturated rings. The van der Waals surface area contributed by atoms with Gasteiger partial charge in [0.25, 0.3) is 0 Å². The van der Waals surface area contributed by atoms with Gasteiger partial charge in [0.1, 0.15) is 0 Å². The molecule has 0 radical (unpaired) electrons. The van der Waals surface area contributed by atoms with Crippen LogP contribution in [-0.4, -0.2) is 49.9 Å². The molecule has 1 saturated heterocycles. The number of rotatable bonds is 4. The number of aryl methyl sites for hydroxylation is 1. The number of hydrogen-bond donors (Lipinski definition) is 0. The first kappa shape index (κ1) is 13.3. The summed E-state index contributed by atoms with van der Waals surface area (Å²) in [5, 5.41) is 11.7. The molecule has 1 aliphatic heterocycles. The Morgan fingerprint density at radius 1 is 1.44 bits per heavy atom. The van der Waals surface area contributed by atoms with Crippen molar-refractivity contribution < 1.29 is 4.79 Å². The lowest BCUT2D eigenvalue weighted by atomic mass is 9.99. The third-order valence-corrected chi connectivity index (χ3v) is 4.06. The zero-order valence-electron chi connectivity index (χ0n) is 10.9. The topological polar surface area (TPSA) is 63.9 Å². The molecule has 1 aromatic rings. The van der Waals surface area contributed by atoms with Crippen LogP contribution >= 0.6 is 11.8 Å². The zero-order valence-corrected chi connectivity index (χ0v) is 11.7. The fraction of sp³-hybridized carbons (Fsp3) is 0.818. The van der Waals surface area contributed by atoms with E-state index >= 15 is 0 Å². The summed E-state index contributed by atoms with van der Waals surface area (Å²) in [6.45, 7) is 4.06. The van der Waals surface area contributed by atoms with Crippen molar-refractivity contribution in [2.24, 2.45) is 13.0 Å². The first-order chi connectivity index (χ1) is 8.65. The minimum absolute atomic E-state index is 0.232. The van der Waals surface area contributed by atoms with Crippen LogP contribution in [0.1, 0.15) is 25.6 Å². The van der Waals surface area contributed by atoms with Crippen LogP contribution in [0.5, 0.6) is 0 Å². The van der Waals surface area contributed by atoms with Crippen molar-refractivity contribution in [1.82, 2.24) is 25.1 Å². The van der Waals surface area contributed by atoms with Gasteiger partial charge in [-0.05, 0) is 24.0 Å². The van der Waals surface area contributed by atoms with Gasteiger partial charge in [-0.1, -0.05) is 6.92 Å². The van der Waals surface area contributed by atoms with Gasteiger partial charge in [0.15, 0.2) is 5.82 Å². The molecule has 2 heterocycles. The quantitative estimate of drug-likeness (QED) is 0.805. The van der Waals surface area contributed by atoms with Crippen molar-refractivity contribution in [1.29, 1.82) is 0 Å². The van der Waals surface area contributed by atoms with Gasteiger partial charge in [-0.3, -0.25) is 4.79 Å². The Morgan fingerprint density at radius 3 is 2.78 bits per heavy atom. The lowest BCUT2D eigenvalue weighted by molar-refractivity contribution is -0.129. The molecule has 0 aliphatic carbocycles. The summed E-state index contributed by atoms with van der Waals surface area (Å²) in [7, 11) is 1.74. The van der Waals surface area contributed by atoms with Gasteiger partial charge in [-0.15, -0.1) is 22.0 Å². The van der Waals surface area contributed by atoms with Crippen molar-refractivity contribution in [2.75, 3.05) is 18.8 Å². The van der Waals surface area contributed by atoms with Crippen molar-refractivity contribution in [3.63, 3.8) is 0 Å². The van der Waals surface area contributed by atoms with Crippen LogP contribution in [0.25, 0.3) is 0 Å². The summed E-state index contributed by atoms with van der Waals surface area (Å²) < 4.78 is 0. The van der Waals surface area contributed by atoms with E-state index in [1.807, 2.05) is 4.90 Å². The maximum Gasteiger partial charge on any atom is 0.232 e. The molecule has 1 aliphatic rings. The molecule has 0 spiro atoms. The average molecular weight is 269 g/mol. The minimum atomic E-state index is 0.232. The first-order valence-electron chi connectivity index (χ1n) is 6.23. The van der Waals surface area contributed by atoms with Crippen LogP contribution in [0.2, 0.25) is 0 Å². The number of tetrazole rings is 1. The Hall–Kier alpha value is -1.11. The number of carbonyl (C=O) groups excluding carboxylic acids is 1. The molecule has 7 heteroatoms. The molecular formula is C11H19N5OS. The zero-order chi connectivity index (χ0) is 13.0. The predicted octanol–water partition coefficient (Wildman–Crippen LogP) is 0.702. The van der Waals surface area contributed by atoms with E-state index in [9.17, 15) is 4.79 Å². The van der Waals surface area contributed by atoms with Crippen LogP contribution in [0.3, 0.4) is 0 Å². The van der Waals surface area contributed by atoms with Gasteiger partial charge < -0.3 is 4.90 Å². The van der Waals surface area contributed by atoms with Crippen molar-refractivity contribution in [3.05, 3.63) is 5.82 Å². The summed E-state index contributed by atoms with van der Waals surface area (Å²) in [4.78, 5) is 15.3. The highest BCUT2D eigenvalue weighted by Gasteiger charge is 2.19. The van der Waals surface area contributed by atoms with Gasteiger partial charge >= 0.3 is 0 Å². The van der Waals surface area contributed by atoms with Gasteiger partial charge in [0, 0.05) is 13.1 Å². The Labute approximate surface area is 111 Å². The van der Waals surface area contributed by atoms with E-state index in [4.69, 9.17) is 0 Å². The van der Waals surface area contributed by atoms with Crippen molar-refractivity contribution in [2.45, 2.75) is 25.5 Å². The predicted molar refractivity (Wildman–Crippen MR) is 69.9 cm³/mol. The normalized spacial score (nSPS) is 17.1. The van der Waals surface area contributed by atoms with Crippen molar-refractivity contribution >= 4 is 17.7 Å². The summed E-state index contributed by atoms with van der Waals surface area (Å²) in [6, 6.07) is 0. The average Bonchev–Trinajstić information content (AvgIpc) is 2.76. The summed E-state index contributed by atoms with van der Waals surface area (Å²) in [5.41, 5.74) is 0. The van der Waals surface area contributed by atoms with Crippen LogP contribution in [-0.2, 0) is 17.6 Å². The Morgan fingerprint density at radius 2 is 2.17 bits per heavy atom. The van der Waals surface area contributed by atoms with E-state index in [0.717, 1.165) is 31.8 Å². The number of likely N-dealkylation sites (tertiary alicyclic amines) is 1. The molecule has 0 aromatic carbocycles. The smallest absolute Gasteiger partial charge is 0.232 e. The third-order valence-electron chi connectivity index (χ3n) is 3.14. The van der Waals surface area contributed by atoms with E-state index in [1.165, 1.54) is 4.80 Å². The van der Waals surface area contributed by atoms with Crippen molar-refractivity contribution in [3.8, 4) is 0 Å². The molecule has 100 valence electrons. The van der Waals surface area contributed by atoms with Gasteiger partial charge in [0.2, 0.25) is 5.91 Å². The van der Waals surface area contributed by atoms with Gasteiger partial charge in [0.05, 0.1) is 18.6 Å². The second kappa shape index (κ2) is 6.17.